The molecule has 8 nitrogen and oxygen atoms in total. The Labute approximate surface area is 224 Å². The number of benzene rings is 2. The number of ketones is 1. The minimum absolute atomic E-state index is 0.0502. The van der Waals surface area contributed by atoms with Crippen molar-refractivity contribution in [2.45, 2.75) is 76.9 Å². The highest BCUT2D eigenvalue weighted by molar-refractivity contribution is 5.98. The third-order valence-electron chi connectivity index (χ3n) is 7.59. The molecule has 1 saturated carbocycles. The first-order chi connectivity index (χ1) is 18.3. The van der Waals surface area contributed by atoms with Crippen LogP contribution in [-0.4, -0.2) is 56.2 Å². The van der Waals surface area contributed by atoms with Crippen LogP contribution in [0.2, 0.25) is 0 Å². The first-order valence-corrected chi connectivity index (χ1v) is 13.7. The molecule has 3 aromatic rings. The Morgan fingerprint density at radius 2 is 1.84 bits per heavy atom. The van der Waals surface area contributed by atoms with Crippen molar-refractivity contribution in [2.75, 3.05) is 23.3 Å². The van der Waals surface area contributed by atoms with Crippen LogP contribution in [0.15, 0.2) is 42.5 Å². The van der Waals surface area contributed by atoms with Crippen LogP contribution in [0.4, 0.5) is 17.6 Å². The van der Waals surface area contributed by atoms with Gasteiger partial charge in [0, 0.05) is 36.7 Å². The normalized spacial score (nSPS) is 21.8. The van der Waals surface area contributed by atoms with E-state index in [1.165, 1.54) is 0 Å². The van der Waals surface area contributed by atoms with E-state index in [9.17, 15) is 15.0 Å². The molecule has 2 heterocycles. The lowest BCUT2D eigenvalue weighted by Gasteiger charge is -2.31. The van der Waals surface area contributed by atoms with Crippen LogP contribution < -0.4 is 10.2 Å². The third kappa shape index (κ3) is 6.37. The van der Waals surface area contributed by atoms with Crippen molar-refractivity contribution in [3.63, 3.8) is 0 Å². The first-order valence-electron chi connectivity index (χ1n) is 13.7. The maximum absolute atomic E-state index is 13.1. The van der Waals surface area contributed by atoms with Gasteiger partial charge in [-0.25, -0.2) is 0 Å². The molecule has 1 aromatic heterocycles. The maximum Gasteiger partial charge on any atom is 0.232 e. The van der Waals surface area contributed by atoms with Crippen molar-refractivity contribution in [3.8, 4) is 0 Å². The zero-order valence-electron chi connectivity index (χ0n) is 22.2. The van der Waals surface area contributed by atoms with Gasteiger partial charge in [0.25, 0.3) is 0 Å². The Kier molecular flexibility index (Phi) is 8.00. The topological polar surface area (TPSA) is 111 Å². The summed E-state index contributed by atoms with van der Waals surface area (Å²) in [5.74, 6) is 1.73. The molecule has 0 amide bonds. The zero-order chi connectivity index (χ0) is 26.6. The molecule has 1 saturated heterocycles. The number of anilines is 3. The van der Waals surface area contributed by atoms with E-state index in [-0.39, 0.29) is 17.8 Å². The number of nitrogens with one attached hydrogen (secondary N) is 1. The molecule has 3 atom stereocenters. The second-order valence-corrected chi connectivity index (χ2v) is 10.8. The summed E-state index contributed by atoms with van der Waals surface area (Å²) in [6.07, 6.45) is 4.52. The van der Waals surface area contributed by atoms with E-state index in [4.69, 9.17) is 15.0 Å². The van der Waals surface area contributed by atoms with Gasteiger partial charge in [-0.2, -0.15) is 15.0 Å². The summed E-state index contributed by atoms with van der Waals surface area (Å²) in [6.45, 7) is 5.27. The maximum atomic E-state index is 13.1. The molecule has 1 aliphatic carbocycles. The van der Waals surface area contributed by atoms with Crippen molar-refractivity contribution in [1.29, 1.82) is 0 Å². The molecule has 3 N–H and O–H groups in total. The quantitative estimate of drug-likeness (QED) is 0.390. The average Bonchev–Trinajstić information content (AvgIpc) is 2.90. The number of aliphatic hydroxyl groups is 2. The molecular formula is C30H37N5O3. The lowest BCUT2D eigenvalue weighted by molar-refractivity contribution is 0.0993. The molecule has 2 fully saturated rings. The van der Waals surface area contributed by atoms with E-state index in [0.717, 1.165) is 61.0 Å². The fraction of sp³-hybridized carbons (Fsp3) is 0.467. The summed E-state index contributed by atoms with van der Waals surface area (Å²) in [5, 5.41) is 23.9. The largest absolute Gasteiger partial charge is 0.393 e. The predicted molar refractivity (Wildman–Crippen MR) is 148 cm³/mol. The van der Waals surface area contributed by atoms with E-state index in [2.05, 4.69) is 5.32 Å². The molecule has 0 radical (unpaired) electrons. The second-order valence-electron chi connectivity index (χ2n) is 10.8. The number of carbonyl (C=O) groups is 1. The average molecular weight is 516 g/mol. The van der Waals surface area contributed by atoms with Crippen molar-refractivity contribution >= 4 is 23.4 Å². The first kappa shape index (κ1) is 26.3. The van der Waals surface area contributed by atoms with Crippen LogP contribution in [0, 0.1) is 13.8 Å². The SMILES string of the molecule is Cc1cccc(CC(=O)c2ccc(C)c(Nc3nc(C4CCCC(O)C4)nc(N4CCCC(O)C4)n3)c2)c1. The van der Waals surface area contributed by atoms with E-state index < -0.39 is 6.10 Å². The van der Waals surface area contributed by atoms with Crippen molar-refractivity contribution in [2.24, 2.45) is 0 Å². The van der Waals surface area contributed by atoms with E-state index in [1.807, 2.05) is 61.2 Å². The van der Waals surface area contributed by atoms with E-state index in [0.29, 0.717) is 42.7 Å². The number of piperidine rings is 1. The Morgan fingerprint density at radius 3 is 2.63 bits per heavy atom. The minimum Gasteiger partial charge on any atom is -0.393 e. The van der Waals surface area contributed by atoms with Gasteiger partial charge in [0.1, 0.15) is 5.82 Å². The Morgan fingerprint density at radius 1 is 1.00 bits per heavy atom. The van der Waals surface area contributed by atoms with Gasteiger partial charge in [0.15, 0.2) is 5.78 Å². The number of aromatic nitrogens is 3. The molecule has 0 spiro atoms. The summed E-state index contributed by atoms with van der Waals surface area (Å²) < 4.78 is 0. The van der Waals surface area contributed by atoms with E-state index >= 15 is 0 Å². The van der Waals surface area contributed by atoms with Gasteiger partial charge in [-0.1, -0.05) is 48.4 Å². The molecule has 2 aromatic carbocycles. The standard InChI is InChI=1S/C30H37N5O3/c1-19-6-3-7-21(14-19)15-27(38)22-12-11-20(2)26(17-22)31-29-32-28(23-8-4-9-24(36)16-23)33-30(34-29)35-13-5-10-25(37)18-35/h3,6-7,11-12,14,17,23-25,36-37H,4-5,8-10,13,15-16,18H2,1-2H3,(H,31,32,33,34). The fourth-order valence-electron chi connectivity index (χ4n) is 5.46. The number of hydrogen-bond donors (Lipinski definition) is 3. The number of aliphatic hydroxyl groups excluding tert-OH is 2. The van der Waals surface area contributed by atoms with Gasteiger partial charge in [-0.15, -0.1) is 0 Å². The van der Waals surface area contributed by atoms with Gasteiger partial charge in [0.2, 0.25) is 11.9 Å². The number of aryl methyl sites for hydroxylation is 2. The fourth-order valence-corrected chi connectivity index (χ4v) is 5.46. The van der Waals surface area contributed by atoms with Gasteiger partial charge >= 0.3 is 0 Å². The van der Waals surface area contributed by atoms with Crippen molar-refractivity contribution in [3.05, 3.63) is 70.5 Å². The van der Waals surface area contributed by atoms with Crippen LogP contribution in [0.1, 0.15) is 77.3 Å². The Bertz CT molecular complexity index is 1260. The lowest BCUT2D eigenvalue weighted by Crippen LogP contribution is -2.39. The summed E-state index contributed by atoms with van der Waals surface area (Å²) in [4.78, 5) is 29.4. The molecule has 1 aliphatic heterocycles. The summed E-state index contributed by atoms with van der Waals surface area (Å²) >= 11 is 0. The van der Waals surface area contributed by atoms with Crippen molar-refractivity contribution in [1.82, 2.24) is 15.0 Å². The van der Waals surface area contributed by atoms with Gasteiger partial charge in [-0.05, 0) is 63.1 Å². The predicted octanol–water partition coefficient (Wildman–Crippen LogP) is 4.64. The lowest BCUT2D eigenvalue weighted by atomic mass is 9.87. The van der Waals surface area contributed by atoms with Gasteiger partial charge in [-0.3, -0.25) is 4.79 Å². The minimum atomic E-state index is -0.407. The van der Waals surface area contributed by atoms with Crippen LogP contribution in [0.25, 0.3) is 0 Å². The van der Waals surface area contributed by atoms with Gasteiger partial charge in [0.05, 0.1) is 12.2 Å². The smallest absolute Gasteiger partial charge is 0.232 e. The molecule has 0 bridgehead atoms. The Hall–Kier alpha value is -3.36. The summed E-state index contributed by atoms with van der Waals surface area (Å²) in [7, 11) is 0. The van der Waals surface area contributed by atoms with Crippen LogP contribution in [0.3, 0.4) is 0 Å². The van der Waals surface area contributed by atoms with Gasteiger partial charge < -0.3 is 20.4 Å². The monoisotopic (exact) mass is 515 g/mol. The molecule has 200 valence electrons. The zero-order valence-corrected chi connectivity index (χ0v) is 22.2. The number of carbonyl (C=O) groups excluding carboxylic acids is 1. The molecule has 3 unspecified atom stereocenters. The number of β-amino-alcohol motifs (C(OH)–C–C–N with tert-alkyl or cyclic N) is 1. The highest BCUT2D eigenvalue weighted by atomic mass is 16.3. The second kappa shape index (κ2) is 11.6. The highest BCUT2D eigenvalue weighted by Gasteiger charge is 2.27. The third-order valence-corrected chi connectivity index (χ3v) is 7.59. The Balaban J connectivity index is 1.43. The summed E-state index contributed by atoms with van der Waals surface area (Å²) in [5.41, 5.74) is 4.50. The van der Waals surface area contributed by atoms with Crippen LogP contribution >= 0.6 is 0 Å². The van der Waals surface area contributed by atoms with Crippen molar-refractivity contribution < 1.29 is 15.0 Å². The number of Topliss-reactive ketones (excluding diaryl/α,β-unsaturated/α-hetero) is 1. The summed E-state index contributed by atoms with van der Waals surface area (Å²) in [6, 6.07) is 13.7. The highest BCUT2D eigenvalue weighted by Crippen LogP contribution is 2.33. The van der Waals surface area contributed by atoms with Crippen LogP contribution in [-0.2, 0) is 6.42 Å². The molecule has 8 heteroatoms. The number of hydrogen-bond acceptors (Lipinski definition) is 8. The number of nitrogens with zero attached hydrogens (tertiary/aromatic N) is 4. The molecule has 5 rings (SSSR count). The molecular weight excluding hydrogens is 478 g/mol. The molecule has 38 heavy (non-hydrogen) atoms. The van der Waals surface area contributed by atoms with E-state index in [1.54, 1.807) is 0 Å². The van der Waals surface area contributed by atoms with Crippen LogP contribution in [0.5, 0.6) is 0 Å². The number of rotatable bonds is 7. The molecule has 2 aliphatic rings.